The van der Waals surface area contributed by atoms with Crippen molar-refractivity contribution in [2.24, 2.45) is 5.84 Å². The van der Waals surface area contributed by atoms with Gasteiger partial charge in [0.25, 0.3) is 5.91 Å². The van der Waals surface area contributed by atoms with Crippen molar-refractivity contribution >= 4 is 11.6 Å². The molecule has 0 heterocycles. The van der Waals surface area contributed by atoms with E-state index in [-0.39, 0.29) is 12.5 Å². The molecule has 0 unspecified atom stereocenters. The SMILES string of the molecule is CCN(CC)c1cccc(OCC(=O)NN)c1. The molecule has 5 nitrogen and oxygen atoms in total. The Bertz CT molecular complexity index is 365. The molecule has 3 N–H and O–H groups in total. The van der Waals surface area contributed by atoms with Crippen LogP contribution in [0.4, 0.5) is 5.69 Å². The molecule has 0 radical (unpaired) electrons. The maximum atomic E-state index is 10.9. The topological polar surface area (TPSA) is 67.6 Å². The molecule has 0 saturated carbocycles. The highest BCUT2D eigenvalue weighted by molar-refractivity contribution is 5.76. The summed E-state index contributed by atoms with van der Waals surface area (Å²) in [5, 5.41) is 0. The second-order valence-corrected chi connectivity index (χ2v) is 3.53. The zero-order valence-electron chi connectivity index (χ0n) is 10.3. The lowest BCUT2D eigenvalue weighted by atomic mass is 10.2. The molecular weight excluding hydrogens is 218 g/mol. The van der Waals surface area contributed by atoms with Crippen LogP contribution >= 0.6 is 0 Å². The van der Waals surface area contributed by atoms with Crippen LogP contribution in [0.1, 0.15) is 13.8 Å². The fraction of sp³-hybridized carbons (Fsp3) is 0.417. The molecule has 0 aliphatic rings. The Labute approximate surface area is 102 Å². The smallest absolute Gasteiger partial charge is 0.271 e. The predicted molar refractivity (Wildman–Crippen MR) is 67.8 cm³/mol. The van der Waals surface area contributed by atoms with Gasteiger partial charge in [0, 0.05) is 24.8 Å². The summed E-state index contributed by atoms with van der Waals surface area (Å²) in [6, 6.07) is 7.65. The van der Waals surface area contributed by atoms with Gasteiger partial charge in [-0.1, -0.05) is 6.07 Å². The van der Waals surface area contributed by atoms with Crippen molar-refractivity contribution in [3.8, 4) is 5.75 Å². The van der Waals surface area contributed by atoms with Gasteiger partial charge in [-0.25, -0.2) is 5.84 Å². The van der Waals surface area contributed by atoms with Crippen molar-refractivity contribution in [3.63, 3.8) is 0 Å². The van der Waals surface area contributed by atoms with Crippen LogP contribution in [0.25, 0.3) is 0 Å². The zero-order chi connectivity index (χ0) is 12.7. The molecule has 0 saturated heterocycles. The molecule has 1 amide bonds. The van der Waals surface area contributed by atoms with Gasteiger partial charge in [-0.3, -0.25) is 10.2 Å². The van der Waals surface area contributed by atoms with Gasteiger partial charge in [-0.2, -0.15) is 0 Å². The Morgan fingerprint density at radius 1 is 1.41 bits per heavy atom. The van der Waals surface area contributed by atoms with Crippen LogP contribution in [0.5, 0.6) is 5.75 Å². The number of ether oxygens (including phenoxy) is 1. The fourth-order valence-electron chi connectivity index (χ4n) is 1.55. The summed E-state index contributed by atoms with van der Waals surface area (Å²) in [6.07, 6.45) is 0. The van der Waals surface area contributed by atoms with Crippen molar-refractivity contribution < 1.29 is 9.53 Å². The van der Waals surface area contributed by atoms with E-state index in [0.29, 0.717) is 5.75 Å². The Kier molecular flexibility index (Phi) is 5.29. The molecule has 0 bridgehead atoms. The highest BCUT2D eigenvalue weighted by atomic mass is 16.5. The quantitative estimate of drug-likeness (QED) is 0.438. The predicted octanol–water partition coefficient (Wildman–Crippen LogP) is 0.901. The largest absolute Gasteiger partial charge is 0.484 e. The van der Waals surface area contributed by atoms with Gasteiger partial charge in [-0.15, -0.1) is 0 Å². The average molecular weight is 237 g/mol. The number of hydrogen-bond donors (Lipinski definition) is 2. The number of nitrogens with one attached hydrogen (secondary N) is 1. The number of amides is 1. The molecule has 0 atom stereocenters. The van der Waals surface area contributed by atoms with Crippen LogP contribution in [0, 0.1) is 0 Å². The number of hydrazine groups is 1. The maximum Gasteiger partial charge on any atom is 0.271 e. The van der Waals surface area contributed by atoms with E-state index in [9.17, 15) is 4.79 Å². The van der Waals surface area contributed by atoms with Crippen LogP contribution in [0.15, 0.2) is 24.3 Å². The number of anilines is 1. The maximum absolute atomic E-state index is 10.9. The van der Waals surface area contributed by atoms with E-state index >= 15 is 0 Å². The lowest BCUT2D eigenvalue weighted by Gasteiger charge is -2.21. The molecule has 0 aromatic heterocycles. The molecule has 17 heavy (non-hydrogen) atoms. The summed E-state index contributed by atoms with van der Waals surface area (Å²) in [4.78, 5) is 13.1. The normalized spacial score (nSPS) is 9.82. The van der Waals surface area contributed by atoms with Gasteiger partial charge in [0.2, 0.25) is 0 Å². The van der Waals surface area contributed by atoms with E-state index in [2.05, 4.69) is 18.7 Å². The van der Waals surface area contributed by atoms with Crippen LogP contribution in [-0.2, 0) is 4.79 Å². The van der Waals surface area contributed by atoms with Crippen LogP contribution < -0.4 is 20.9 Å². The zero-order valence-corrected chi connectivity index (χ0v) is 10.3. The molecule has 0 spiro atoms. The second-order valence-electron chi connectivity index (χ2n) is 3.53. The molecule has 5 heteroatoms. The third-order valence-corrected chi connectivity index (χ3v) is 2.48. The number of nitrogens with zero attached hydrogens (tertiary/aromatic N) is 1. The summed E-state index contributed by atoms with van der Waals surface area (Å²) in [6.45, 7) is 5.99. The van der Waals surface area contributed by atoms with Crippen LogP contribution in [0.2, 0.25) is 0 Å². The van der Waals surface area contributed by atoms with Gasteiger partial charge < -0.3 is 9.64 Å². The fourth-order valence-corrected chi connectivity index (χ4v) is 1.55. The number of carbonyl (C=O) groups is 1. The molecule has 94 valence electrons. The molecular formula is C12H19N3O2. The summed E-state index contributed by atoms with van der Waals surface area (Å²) in [5.74, 6) is 5.29. The van der Waals surface area contributed by atoms with E-state index in [1.54, 1.807) is 0 Å². The first-order valence-corrected chi connectivity index (χ1v) is 5.68. The van der Waals surface area contributed by atoms with Gasteiger partial charge in [0.1, 0.15) is 5.75 Å². The molecule has 0 aliphatic carbocycles. The minimum atomic E-state index is -0.349. The Morgan fingerprint density at radius 2 is 2.12 bits per heavy atom. The third kappa shape index (κ3) is 3.96. The lowest BCUT2D eigenvalue weighted by molar-refractivity contribution is -0.123. The number of rotatable bonds is 6. The number of nitrogens with two attached hydrogens (primary N) is 1. The van der Waals surface area contributed by atoms with Crippen LogP contribution in [0.3, 0.4) is 0 Å². The summed E-state index contributed by atoms with van der Waals surface area (Å²) >= 11 is 0. The Morgan fingerprint density at radius 3 is 2.71 bits per heavy atom. The number of benzene rings is 1. The summed E-state index contributed by atoms with van der Waals surface area (Å²) < 4.78 is 5.32. The van der Waals surface area contributed by atoms with E-state index in [1.165, 1.54) is 0 Å². The highest BCUT2D eigenvalue weighted by Gasteiger charge is 2.04. The van der Waals surface area contributed by atoms with E-state index in [1.807, 2.05) is 29.7 Å². The molecule has 1 aromatic rings. The van der Waals surface area contributed by atoms with Crippen molar-refractivity contribution in [2.75, 3.05) is 24.6 Å². The van der Waals surface area contributed by atoms with Crippen molar-refractivity contribution in [1.29, 1.82) is 0 Å². The van der Waals surface area contributed by atoms with Crippen LogP contribution in [-0.4, -0.2) is 25.6 Å². The molecule has 1 aromatic carbocycles. The van der Waals surface area contributed by atoms with Gasteiger partial charge >= 0.3 is 0 Å². The Balaban J connectivity index is 2.68. The highest BCUT2D eigenvalue weighted by Crippen LogP contribution is 2.20. The minimum Gasteiger partial charge on any atom is -0.484 e. The monoisotopic (exact) mass is 237 g/mol. The summed E-state index contributed by atoms with van der Waals surface area (Å²) in [5.41, 5.74) is 3.10. The number of hydrogen-bond acceptors (Lipinski definition) is 4. The van der Waals surface area contributed by atoms with Crippen molar-refractivity contribution in [1.82, 2.24) is 5.43 Å². The average Bonchev–Trinajstić information content (AvgIpc) is 2.38. The van der Waals surface area contributed by atoms with E-state index < -0.39 is 0 Å². The van der Waals surface area contributed by atoms with E-state index in [4.69, 9.17) is 10.6 Å². The van der Waals surface area contributed by atoms with Crippen molar-refractivity contribution in [2.45, 2.75) is 13.8 Å². The van der Waals surface area contributed by atoms with Gasteiger partial charge in [-0.05, 0) is 26.0 Å². The molecule has 0 fully saturated rings. The summed E-state index contributed by atoms with van der Waals surface area (Å²) in [7, 11) is 0. The van der Waals surface area contributed by atoms with Gasteiger partial charge in [0.15, 0.2) is 6.61 Å². The first-order chi connectivity index (χ1) is 8.21. The number of carbonyl (C=O) groups excluding carboxylic acids is 1. The first kappa shape index (κ1) is 13.3. The van der Waals surface area contributed by atoms with Crippen molar-refractivity contribution in [3.05, 3.63) is 24.3 Å². The van der Waals surface area contributed by atoms with Gasteiger partial charge in [0.05, 0.1) is 0 Å². The Hall–Kier alpha value is -1.75. The van der Waals surface area contributed by atoms with E-state index in [0.717, 1.165) is 18.8 Å². The minimum absolute atomic E-state index is 0.0712. The molecule has 0 aliphatic heterocycles. The molecule has 1 rings (SSSR count). The first-order valence-electron chi connectivity index (χ1n) is 5.68. The standard InChI is InChI=1S/C12H19N3O2/c1-3-15(4-2)10-6-5-7-11(8-10)17-9-12(16)14-13/h5-8H,3-4,9,13H2,1-2H3,(H,14,16). The third-order valence-electron chi connectivity index (χ3n) is 2.48. The second kappa shape index (κ2) is 6.75. The lowest BCUT2D eigenvalue weighted by Crippen LogP contribution is -2.34.